The van der Waals surface area contributed by atoms with Crippen molar-refractivity contribution in [2.45, 2.75) is 13.8 Å². The van der Waals surface area contributed by atoms with Gasteiger partial charge in [-0.3, -0.25) is 4.79 Å². The van der Waals surface area contributed by atoms with E-state index >= 15 is 0 Å². The molecule has 0 fully saturated rings. The monoisotopic (exact) mass is 178 g/mol. The number of benzene rings is 1. The van der Waals surface area contributed by atoms with E-state index in [-0.39, 0.29) is 12.3 Å². The zero-order valence-corrected chi connectivity index (χ0v) is 7.92. The fraction of sp³-hybridized carbons (Fsp3) is 0.300. The van der Waals surface area contributed by atoms with Gasteiger partial charge in [0.1, 0.15) is 0 Å². The van der Waals surface area contributed by atoms with Gasteiger partial charge in [0.2, 0.25) is 0 Å². The normalized spacial score (nSPS) is 10.1. The molecule has 1 rings (SSSR count). The summed E-state index contributed by atoms with van der Waals surface area (Å²) in [4.78, 5) is 11.3. The maximum atomic E-state index is 11.3. The van der Waals surface area contributed by atoms with Crippen molar-refractivity contribution in [3.63, 3.8) is 0 Å². The third-order valence-corrected chi connectivity index (χ3v) is 2.10. The van der Waals surface area contributed by atoms with Crippen molar-refractivity contribution < 1.29 is 4.79 Å². The second kappa shape index (κ2) is 3.58. The SMILES string of the molecule is Cc1cc(C(=O)CN)cc(C)c1N. The molecule has 0 aromatic heterocycles. The van der Waals surface area contributed by atoms with Gasteiger partial charge in [-0.15, -0.1) is 0 Å². The molecule has 0 saturated heterocycles. The molecule has 1 aromatic rings. The van der Waals surface area contributed by atoms with Gasteiger partial charge in [-0.1, -0.05) is 0 Å². The van der Waals surface area contributed by atoms with Crippen molar-refractivity contribution in [1.82, 2.24) is 0 Å². The topological polar surface area (TPSA) is 69.1 Å². The van der Waals surface area contributed by atoms with E-state index < -0.39 is 0 Å². The van der Waals surface area contributed by atoms with E-state index in [9.17, 15) is 4.79 Å². The van der Waals surface area contributed by atoms with Crippen molar-refractivity contribution in [1.29, 1.82) is 0 Å². The highest BCUT2D eigenvalue weighted by Gasteiger charge is 2.06. The van der Waals surface area contributed by atoms with Crippen molar-refractivity contribution in [2.24, 2.45) is 5.73 Å². The van der Waals surface area contributed by atoms with Crippen molar-refractivity contribution in [3.05, 3.63) is 28.8 Å². The molecule has 1 aromatic carbocycles. The van der Waals surface area contributed by atoms with Crippen LogP contribution in [0.3, 0.4) is 0 Å². The van der Waals surface area contributed by atoms with Crippen LogP contribution in [0.1, 0.15) is 21.5 Å². The van der Waals surface area contributed by atoms with E-state index in [4.69, 9.17) is 11.5 Å². The molecular weight excluding hydrogens is 164 g/mol. The minimum Gasteiger partial charge on any atom is -0.398 e. The average molecular weight is 178 g/mol. The summed E-state index contributed by atoms with van der Waals surface area (Å²) in [5, 5.41) is 0. The van der Waals surface area contributed by atoms with Gasteiger partial charge in [0, 0.05) is 11.3 Å². The molecule has 0 bridgehead atoms. The number of nitrogen functional groups attached to an aromatic ring is 1. The summed E-state index contributed by atoms with van der Waals surface area (Å²) in [6.45, 7) is 3.81. The molecule has 3 heteroatoms. The Labute approximate surface area is 77.7 Å². The van der Waals surface area contributed by atoms with E-state index in [1.165, 1.54) is 0 Å². The summed E-state index contributed by atoms with van der Waals surface area (Å²) in [7, 11) is 0. The minimum atomic E-state index is -0.0498. The molecule has 0 amide bonds. The van der Waals surface area contributed by atoms with Crippen LogP contribution in [0.15, 0.2) is 12.1 Å². The molecule has 0 aliphatic rings. The lowest BCUT2D eigenvalue weighted by Gasteiger charge is -2.06. The number of aryl methyl sites for hydroxylation is 2. The third-order valence-electron chi connectivity index (χ3n) is 2.10. The largest absolute Gasteiger partial charge is 0.398 e. The highest BCUT2D eigenvalue weighted by molar-refractivity contribution is 5.98. The van der Waals surface area contributed by atoms with Gasteiger partial charge in [0.05, 0.1) is 6.54 Å². The van der Waals surface area contributed by atoms with Gasteiger partial charge in [0.25, 0.3) is 0 Å². The fourth-order valence-corrected chi connectivity index (χ4v) is 1.25. The predicted octanol–water partition coefficient (Wildman–Crippen LogP) is 1.03. The van der Waals surface area contributed by atoms with Gasteiger partial charge in [-0.25, -0.2) is 0 Å². The Bertz CT molecular complexity index is 322. The molecule has 0 heterocycles. The third kappa shape index (κ3) is 1.87. The number of rotatable bonds is 2. The van der Waals surface area contributed by atoms with E-state index in [1.807, 2.05) is 13.8 Å². The maximum absolute atomic E-state index is 11.3. The highest BCUT2D eigenvalue weighted by Crippen LogP contribution is 2.18. The smallest absolute Gasteiger partial charge is 0.176 e. The average Bonchev–Trinajstić information content (AvgIpc) is 2.12. The van der Waals surface area contributed by atoms with Crippen LogP contribution >= 0.6 is 0 Å². The van der Waals surface area contributed by atoms with Crippen LogP contribution in [0.2, 0.25) is 0 Å². The van der Waals surface area contributed by atoms with Crippen LogP contribution in [0.25, 0.3) is 0 Å². The van der Waals surface area contributed by atoms with Crippen LogP contribution in [-0.4, -0.2) is 12.3 Å². The summed E-state index contributed by atoms with van der Waals surface area (Å²) < 4.78 is 0. The first-order valence-electron chi connectivity index (χ1n) is 4.16. The van der Waals surface area contributed by atoms with Crippen LogP contribution in [0.5, 0.6) is 0 Å². The lowest BCUT2D eigenvalue weighted by atomic mass is 10.0. The number of anilines is 1. The second-order valence-corrected chi connectivity index (χ2v) is 3.15. The Balaban J connectivity index is 3.20. The van der Waals surface area contributed by atoms with E-state index in [2.05, 4.69) is 0 Å². The van der Waals surface area contributed by atoms with Crippen LogP contribution in [0, 0.1) is 13.8 Å². The first-order chi connectivity index (χ1) is 6.06. The molecule has 0 spiro atoms. The van der Waals surface area contributed by atoms with Crippen LogP contribution < -0.4 is 11.5 Å². The summed E-state index contributed by atoms with van der Waals surface area (Å²) in [5.41, 5.74) is 14.3. The lowest BCUT2D eigenvalue weighted by Crippen LogP contribution is -2.14. The molecule has 0 unspecified atom stereocenters. The molecule has 3 nitrogen and oxygen atoms in total. The number of carbonyl (C=O) groups excluding carboxylic acids is 1. The highest BCUT2D eigenvalue weighted by atomic mass is 16.1. The molecule has 70 valence electrons. The van der Waals surface area contributed by atoms with Gasteiger partial charge >= 0.3 is 0 Å². The van der Waals surface area contributed by atoms with Crippen molar-refractivity contribution in [2.75, 3.05) is 12.3 Å². The first-order valence-corrected chi connectivity index (χ1v) is 4.16. The maximum Gasteiger partial charge on any atom is 0.176 e. The Kier molecular flexibility index (Phi) is 2.68. The van der Waals surface area contributed by atoms with Crippen LogP contribution in [-0.2, 0) is 0 Å². The molecule has 13 heavy (non-hydrogen) atoms. The molecule has 0 aliphatic carbocycles. The number of carbonyl (C=O) groups is 1. The summed E-state index contributed by atoms with van der Waals surface area (Å²) in [5.74, 6) is -0.0498. The van der Waals surface area contributed by atoms with E-state index in [0.717, 1.165) is 16.8 Å². The molecule has 0 aliphatic heterocycles. The molecule has 0 radical (unpaired) electrons. The van der Waals surface area contributed by atoms with E-state index in [1.54, 1.807) is 12.1 Å². The van der Waals surface area contributed by atoms with Gasteiger partial charge in [0.15, 0.2) is 5.78 Å². The van der Waals surface area contributed by atoms with E-state index in [0.29, 0.717) is 5.56 Å². The Morgan fingerprint density at radius 3 is 2.15 bits per heavy atom. The molecular formula is C10H14N2O. The van der Waals surface area contributed by atoms with Crippen molar-refractivity contribution in [3.8, 4) is 0 Å². The van der Waals surface area contributed by atoms with Gasteiger partial charge in [-0.2, -0.15) is 0 Å². The number of hydrogen-bond acceptors (Lipinski definition) is 3. The summed E-state index contributed by atoms with van der Waals surface area (Å²) in [6.07, 6.45) is 0. The van der Waals surface area contributed by atoms with Gasteiger partial charge < -0.3 is 11.5 Å². The summed E-state index contributed by atoms with van der Waals surface area (Å²) >= 11 is 0. The Morgan fingerprint density at radius 2 is 1.77 bits per heavy atom. The zero-order valence-electron chi connectivity index (χ0n) is 7.92. The fourth-order valence-electron chi connectivity index (χ4n) is 1.25. The summed E-state index contributed by atoms with van der Waals surface area (Å²) in [6, 6.07) is 3.55. The van der Waals surface area contributed by atoms with Crippen LogP contribution in [0.4, 0.5) is 5.69 Å². The Morgan fingerprint density at radius 1 is 1.31 bits per heavy atom. The number of Topliss-reactive ketones (excluding diaryl/α,β-unsaturated/α-hetero) is 1. The minimum absolute atomic E-state index is 0.0444. The second-order valence-electron chi connectivity index (χ2n) is 3.15. The molecule has 0 atom stereocenters. The number of nitrogens with two attached hydrogens (primary N) is 2. The quantitative estimate of drug-likeness (QED) is 0.525. The predicted molar refractivity (Wildman–Crippen MR) is 53.7 cm³/mol. The Hall–Kier alpha value is -1.35. The number of hydrogen-bond donors (Lipinski definition) is 2. The van der Waals surface area contributed by atoms with Gasteiger partial charge in [-0.05, 0) is 37.1 Å². The molecule has 0 saturated carbocycles. The standard InChI is InChI=1S/C10H14N2O/c1-6-3-8(9(13)5-11)4-7(2)10(6)12/h3-4H,5,11-12H2,1-2H3. The molecule has 4 N–H and O–H groups in total. The van der Waals surface area contributed by atoms with Crippen molar-refractivity contribution >= 4 is 11.5 Å². The lowest BCUT2D eigenvalue weighted by molar-refractivity contribution is 0.100. The first kappa shape index (κ1) is 9.74. The zero-order chi connectivity index (χ0) is 10.0. The number of ketones is 1.